The van der Waals surface area contributed by atoms with Gasteiger partial charge in [0.25, 0.3) is 5.91 Å². The molecule has 30 heavy (non-hydrogen) atoms. The number of amides is 2. The Balaban J connectivity index is 1.65. The minimum atomic E-state index is -4.04. The molecule has 2 aliphatic rings. The van der Waals surface area contributed by atoms with Gasteiger partial charge in [-0.3, -0.25) is 19.3 Å². The van der Waals surface area contributed by atoms with E-state index in [1.165, 1.54) is 11.1 Å². The summed E-state index contributed by atoms with van der Waals surface area (Å²) in [4.78, 5) is 31.8. The summed E-state index contributed by atoms with van der Waals surface area (Å²) in [7, 11) is 0. The van der Waals surface area contributed by atoms with Gasteiger partial charge >= 0.3 is 12.0 Å². The fourth-order valence-corrected chi connectivity index (χ4v) is 3.77. The van der Waals surface area contributed by atoms with Crippen molar-refractivity contribution in [3.05, 3.63) is 59.9 Å². The van der Waals surface area contributed by atoms with E-state index in [0.717, 1.165) is 10.5 Å². The molecule has 9 heteroatoms. The number of hydrogen-bond donors (Lipinski definition) is 0. The molecular weight excluding hydrogens is 396 g/mol. The number of carbonyl (C=O) groups is 2. The first kappa shape index (κ1) is 20.4. The van der Waals surface area contributed by atoms with E-state index in [9.17, 15) is 18.4 Å². The minimum Gasteiger partial charge on any atom is -0.376 e. The van der Waals surface area contributed by atoms with E-state index in [1.54, 1.807) is 42.6 Å². The van der Waals surface area contributed by atoms with Crippen molar-refractivity contribution in [3.8, 4) is 0 Å². The van der Waals surface area contributed by atoms with Crippen LogP contribution in [-0.4, -0.2) is 66.3 Å². The molecule has 2 aromatic rings. The average Bonchev–Trinajstić information content (AvgIpc) is 2.93. The summed E-state index contributed by atoms with van der Waals surface area (Å²) in [5.74, 6) is -1.80. The molecule has 2 fully saturated rings. The Labute approximate surface area is 172 Å². The van der Waals surface area contributed by atoms with Gasteiger partial charge in [-0.25, -0.2) is 0 Å². The second-order valence-corrected chi connectivity index (χ2v) is 7.56. The molecule has 7 nitrogen and oxygen atoms in total. The number of ether oxygens (including phenoxy) is 2. The van der Waals surface area contributed by atoms with Crippen LogP contribution in [0.1, 0.15) is 15.9 Å². The van der Waals surface area contributed by atoms with Crippen LogP contribution in [0.25, 0.3) is 0 Å². The van der Waals surface area contributed by atoms with E-state index >= 15 is 0 Å². The number of hydrogen-bond acceptors (Lipinski definition) is 5. The van der Waals surface area contributed by atoms with Crippen molar-refractivity contribution >= 4 is 17.5 Å². The lowest BCUT2D eigenvalue weighted by Gasteiger charge is -2.45. The molecule has 1 atom stereocenters. The minimum absolute atomic E-state index is 0.147. The van der Waals surface area contributed by atoms with Crippen LogP contribution in [0.3, 0.4) is 0 Å². The Kier molecular flexibility index (Phi) is 5.25. The van der Waals surface area contributed by atoms with Crippen molar-refractivity contribution < 1.29 is 27.8 Å². The van der Waals surface area contributed by atoms with E-state index in [4.69, 9.17) is 9.47 Å². The van der Waals surface area contributed by atoms with Crippen LogP contribution >= 0.6 is 0 Å². The Morgan fingerprint density at radius 2 is 1.93 bits per heavy atom. The lowest BCUT2D eigenvalue weighted by Crippen LogP contribution is -2.66. The van der Waals surface area contributed by atoms with Crippen molar-refractivity contribution in [3.63, 3.8) is 0 Å². The van der Waals surface area contributed by atoms with Gasteiger partial charge in [0.15, 0.2) is 0 Å². The van der Waals surface area contributed by atoms with Crippen molar-refractivity contribution in [2.75, 3.05) is 37.7 Å². The van der Waals surface area contributed by atoms with Gasteiger partial charge in [-0.05, 0) is 30.7 Å². The van der Waals surface area contributed by atoms with E-state index in [-0.39, 0.29) is 38.8 Å². The molecular formula is C21H21F2N3O4. The highest BCUT2D eigenvalue weighted by Gasteiger charge is 2.58. The molecule has 1 aromatic heterocycles. The van der Waals surface area contributed by atoms with Crippen LogP contribution in [0.2, 0.25) is 0 Å². The maximum Gasteiger partial charge on any atom is 0.437 e. The highest BCUT2D eigenvalue weighted by atomic mass is 19.3. The first-order valence-corrected chi connectivity index (χ1v) is 9.53. The number of pyridine rings is 1. The van der Waals surface area contributed by atoms with E-state index < -0.39 is 17.6 Å². The van der Waals surface area contributed by atoms with Crippen LogP contribution in [-0.2, 0) is 14.3 Å². The summed E-state index contributed by atoms with van der Waals surface area (Å²) in [6, 6.07) is 9.88. The molecule has 3 heterocycles. The summed E-state index contributed by atoms with van der Waals surface area (Å²) in [5.41, 5.74) is -0.0835. The van der Waals surface area contributed by atoms with Gasteiger partial charge in [-0.2, -0.15) is 8.78 Å². The van der Waals surface area contributed by atoms with E-state index in [2.05, 4.69) is 4.98 Å². The second-order valence-electron chi connectivity index (χ2n) is 7.56. The summed E-state index contributed by atoms with van der Waals surface area (Å²) >= 11 is 0. The fourth-order valence-electron chi connectivity index (χ4n) is 3.77. The Morgan fingerprint density at radius 1 is 1.17 bits per heavy atom. The van der Waals surface area contributed by atoms with Crippen LogP contribution in [0.4, 0.5) is 14.5 Å². The van der Waals surface area contributed by atoms with Crippen LogP contribution in [0.5, 0.6) is 0 Å². The molecule has 0 N–H and O–H groups in total. The van der Waals surface area contributed by atoms with E-state index in [0.29, 0.717) is 11.3 Å². The number of halogens is 2. The molecule has 1 spiro atoms. The number of benzene rings is 1. The molecule has 158 valence electrons. The lowest BCUT2D eigenvalue weighted by atomic mass is 10.00. The Morgan fingerprint density at radius 3 is 2.67 bits per heavy atom. The number of alkyl halides is 2. The number of aromatic nitrogens is 1. The standard InChI is InChI=1S/C21H21F2N3O4/c1-15-9-16(11-24-10-15)18(27)25-7-8-29-14-20(12-25)13-26(17-5-3-2-4-6-17)19(28)21(22,23)30-20/h2-6,9-11H,7-8,12-14H2,1H3. The first-order valence-electron chi connectivity index (χ1n) is 9.53. The van der Waals surface area contributed by atoms with Crippen LogP contribution < -0.4 is 4.90 Å². The van der Waals surface area contributed by atoms with Gasteiger partial charge in [0.2, 0.25) is 0 Å². The topological polar surface area (TPSA) is 72.0 Å². The predicted octanol–water partition coefficient (Wildman–Crippen LogP) is 2.26. The predicted molar refractivity (Wildman–Crippen MR) is 103 cm³/mol. The third-order valence-electron chi connectivity index (χ3n) is 5.11. The molecule has 1 aromatic carbocycles. The molecule has 0 bridgehead atoms. The maximum absolute atomic E-state index is 14.6. The molecule has 2 amide bonds. The molecule has 2 saturated heterocycles. The largest absolute Gasteiger partial charge is 0.437 e. The smallest absolute Gasteiger partial charge is 0.376 e. The van der Waals surface area contributed by atoms with Crippen molar-refractivity contribution in [2.24, 2.45) is 0 Å². The van der Waals surface area contributed by atoms with Gasteiger partial charge < -0.3 is 14.5 Å². The first-order chi connectivity index (χ1) is 14.3. The Bertz CT molecular complexity index is 956. The monoisotopic (exact) mass is 417 g/mol. The number of anilines is 1. The maximum atomic E-state index is 14.6. The van der Waals surface area contributed by atoms with Crippen LogP contribution in [0.15, 0.2) is 48.8 Å². The highest BCUT2D eigenvalue weighted by Crippen LogP contribution is 2.37. The number of nitrogens with zero attached hydrogens (tertiary/aromatic N) is 3. The van der Waals surface area contributed by atoms with Gasteiger partial charge in [0.05, 0.1) is 31.9 Å². The Hall–Kier alpha value is -2.91. The van der Waals surface area contributed by atoms with Crippen LogP contribution in [0, 0.1) is 6.92 Å². The molecule has 1 unspecified atom stereocenters. The van der Waals surface area contributed by atoms with Crippen molar-refractivity contribution in [1.82, 2.24) is 9.88 Å². The van der Waals surface area contributed by atoms with Gasteiger partial charge in [0.1, 0.15) is 5.60 Å². The third kappa shape index (κ3) is 3.90. The highest BCUT2D eigenvalue weighted by molar-refractivity contribution is 5.98. The molecule has 4 rings (SSSR count). The fraction of sp³-hybridized carbons (Fsp3) is 0.381. The summed E-state index contributed by atoms with van der Waals surface area (Å²) in [5, 5.41) is 0. The second kappa shape index (κ2) is 7.73. The summed E-state index contributed by atoms with van der Waals surface area (Å²) in [6.07, 6.45) is -0.983. The lowest BCUT2D eigenvalue weighted by molar-refractivity contribution is -0.293. The summed E-state index contributed by atoms with van der Waals surface area (Å²) < 4.78 is 39.8. The normalized spacial score (nSPS) is 24.0. The van der Waals surface area contributed by atoms with Gasteiger partial charge in [-0.15, -0.1) is 0 Å². The SMILES string of the molecule is Cc1cncc(C(=O)N2CCOCC3(C2)CN(c2ccccc2)C(=O)C(F)(F)O3)c1. The van der Waals surface area contributed by atoms with Crippen molar-refractivity contribution in [2.45, 2.75) is 18.6 Å². The van der Waals surface area contributed by atoms with Crippen molar-refractivity contribution in [1.29, 1.82) is 0 Å². The number of aryl methyl sites for hydroxylation is 1. The van der Waals surface area contributed by atoms with E-state index in [1.807, 2.05) is 6.92 Å². The number of carbonyl (C=O) groups excluding carboxylic acids is 2. The van der Waals surface area contributed by atoms with Gasteiger partial charge in [0, 0.05) is 24.6 Å². The zero-order valence-corrected chi connectivity index (χ0v) is 16.4. The zero-order chi connectivity index (χ0) is 21.4. The summed E-state index contributed by atoms with van der Waals surface area (Å²) in [6.45, 7) is 1.71. The third-order valence-corrected chi connectivity index (χ3v) is 5.11. The number of para-hydroxylation sites is 1. The molecule has 0 saturated carbocycles. The van der Waals surface area contributed by atoms with Gasteiger partial charge in [-0.1, -0.05) is 18.2 Å². The molecule has 0 aliphatic carbocycles. The zero-order valence-electron chi connectivity index (χ0n) is 16.4. The number of rotatable bonds is 2. The average molecular weight is 417 g/mol. The number of morpholine rings is 1. The molecule has 0 radical (unpaired) electrons. The quantitative estimate of drug-likeness (QED) is 0.750. The molecule has 2 aliphatic heterocycles.